The quantitative estimate of drug-likeness (QED) is 0.807. The third kappa shape index (κ3) is 4.02. The summed E-state index contributed by atoms with van der Waals surface area (Å²) in [5, 5.41) is 9.46. The van der Waals surface area contributed by atoms with E-state index < -0.39 is 17.7 Å². The summed E-state index contributed by atoms with van der Waals surface area (Å²) in [4.78, 5) is 25.6. The van der Waals surface area contributed by atoms with Gasteiger partial charge in [-0.05, 0) is 29.7 Å². The first-order chi connectivity index (χ1) is 12.6. The van der Waals surface area contributed by atoms with Crippen LogP contribution in [-0.4, -0.2) is 35.0 Å². The molecule has 0 bridgehead atoms. The summed E-state index contributed by atoms with van der Waals surface area (Å²) in [6, 6.07) is 13.4. The molecule has 0 aromatic heterocycles. The molecular formula is C20H20FNO4. The highest BCUT2D eigenvalue weighted by molar-refractivity contribution is 5.81. The first-order valence-corrected chi connectivity index (χ1v) is 8.52. The van der Waals surface area contributed by atoms with E-state index in [1.807, 2.05) is 18.2 Å². The highest BCUT2D eigenvalue weighted by Crippen LogP contribution is 2.29. The number of hydrogen-bond acceptors (Lipinski definition) is 3. The average molecular weight is 357 g/mol. The summed E-state index contributed by atoms with van der Waals surface area (Å²) in [5.41, 5.74) is 1.63. The van der Waals surface area contributed by atoms with Gasteiger partial charge in [-0.2, -0.15) is 0 Å². The average Bonchev–Trinajstić information content (AvgIpc) is 2.65. The van der Waals surface area contributed by atoms with Crippen LogP contribution in [0.15, 0.2) is 48.5 Å². The fourth-order valence-electron chi connectivity index (χ4n) is 3.13. The van der Waals surface area contributed by atoms with Gasteiger partial charge >= 0.3 is 5.97 Å². The predicted octanol–water partition coefficient (Wildman–Crippen LogP) is 3.20. The van der Waals surface area contributed by atoms with Crippen molar-refractivity contribution in [2.24, 2.45) is 0 Å². The largest absolute Gasteiger partial charge is 0.491 e. The molecule has 2 aromatic rings. The first kappa shape index (κ1) is 17.9. The summed E-state index contributed by atoms with van der Waals surface area (Å²) >= 11 is 0. The third-order valence-electron chi connectivity index (χ3n) is 4.47. The highest BCUT2D eigenvalue weighted by atomic mass is 19.1. The second-order valence-electron chi connectivity index (χ2n) is 6.25. The molecule has 0 spiro atoms. The van der Waals surface area contributed by atoms with Gasteiger partial charge < -0.3 is 14.7 Å². The number of carbonyl (C=O) groups excluding carboxylic acids is 1. The number of halogens is 1. The molecule has 1 heterocycles. The van der Waals surface area contributed by atoms with E-state index in [4.69, 9.17) is 4.74 Å². The summed E-state index contributed by atoms with van der Waals surface area (Å²) in [5.74, 6) is -2.03. The van der Waals surface area contributed by atoms with E-state index in [0.717, 1.165) is 11.1 Å². The SMILES string of the molecule is O=C(O)C1CN(C(=O)CCCOc2ccccc2F)Cc2ccccc21. The van der Waals surface area contributed by atoms with E-state index >= 15 is 0 Å². The standard InChI is InChI=1S/C20H20FNO4/c21-17-8-3-4-9-18(17)26-11-5-10-19(23)22-12-14-6-1-2-7-15(14)16(13-22)20(24)25/h1-4,6-9,16H,5,10-13H2,(H,24,25). The van der Waals surface area contributed by atoms with Crippen molar-refractivity contribution in [2.75, 3.05) is 13.2 Å². The molecule has 0 saturated heterocycles. The lowest BCUT2D eigenvalue weighted by Crippen LogP contribution is -2.40. The van der Waals surface area contributed by atoms with Gasteiger partial charge in [0.05, 0.1) is 12.5 Å². The second kappa shape index (κ2) is 7.99. The van der Waals surface area contributed by atoms with Crippen molar-refractivity contribution in [2.45, 2.75) is 25.3 Å². The number of para-hydroxylation sites is 1. The normalized spacial score (nSPS) is 16.0. The molecule has 1 atom stereocenters. The Labute approximate surface area is 151 Å². The van der Waals surface area contributed by atoms with E-state index in [1.165, 1.54) is 12.1 Å². The van der Waals surface area contributed by atoms with E-state index in [-0.39, 0.29) is 31.2 Å². The minimum Gasteiger partial charge on any atom is -0.491 e. The van der Waals surface area contributed by atoms with Crippen LogP contribution in [0, 0.1) is 5.82 Å². The molecule has 0 saturated carbocycles. The molecule has 136 valence electrons. The topological polar surface area (TPSA) is 66.8 Å². The fourth-order valence-corrected chi connectivity index (χ4v) is 3.13. The van der Waals surface area contributed by atoms with E-state index in [2.05, 4.69) is 0 Å². The maximum absolute atomic E-state index is 13.5. The molecule has 1 aliphatic heterocycles. The number of hydrogen-bond donors (Lipinski definition) is 1. The van der Waals surface area contributed by atoms with E-state index in [9.17, 15) is 19.1 Å². The molecule has 5 nitrogen and oxygen atoms in total. The Balaban J connectivity index is 1.55. The van der Waals surface area contributed by atoms with Crippen LogP contribution < -0.4 is 4.74 Å². The van der Waals surface area contributed by atoms with Crippen molar-refractivity contribution in [3.8, 4) is 5.75 Å². The van der Waals surface area contributed by atoms with Crippen LogP contribution in [-0.2, 0) is 16.1 Å². The maximum Gasteiger partial charge on any atom is 0.312 e. The number of nitrogens with zero attached hydrogens (tertiary/aromatic N) is 1. The Morgan fingerprint density at radius 2 is 1.88 bits per heavy atom. The van der Waals surface area contributed by atoms with Gasteiger partial charge in [0.2, 0.25) is 5.91 Å². The summed E-state index contributed by atoms with van der Waals surface area (Å²) < 4.78 is 18.8. The van der Waals surface area contributed by atoms with Gasteiger partial charge in [-0.3, -0.25) is 9.59 Å². The number of carbonyl (C=O) groups is 2. The van der Waals surface area contributed by atoms with Crippen LogP contribution in [0.5, 0.6) is 5.75 Å². The minimum atomic E-state index is -0.933. The molecule has 0 radical (unpaired) electrons. The molecule has 1 unspecified atom stereocenters. The molecular weight excluding hydrogens is 337 g/mol. The van der Waals surface area contributed by atoms with Gasteiger partial charge in [0.25, 0.3) is 0 Å². The van der Waals surface area contributed by atoms with Gasteiger partial charge in [0, 0.05) is 19.5 Å². The zero-order valence-corrected chi connectivity index (χ0v) is 14.2. The third-order valence-corrected chi connectivity index (χ3v) is 4.47. The fraction of sp³-hybridized carbons (Fsp3) is 0.300. The van der Waals surface area contributed by atoms with Gasteiger partial charge in [-0.25, -0.2) is 4.39 Å². The zero-order valence-electron chi connectivity index (χ0n) is 14.2. The lowest BCUT2D eigenvalue weighted by atomic mass is 9.89. The van der Waals surface area contributed by atoms with Crippen molar-refractivity contribution in [3.05, 3.63) is 65.5 Å². The van der Waals surface area contributed by atoms with Crippen molar-refractivity contribution in [1.29, 1.82) is 0 Å². The molecule has 1 N–H and O–H groups in total. The Hall–Kier alpha value is -2.89. The highest BCUT2D eigenvalue weighted by Gasteiger charge is 2.32. The number of carboxylic acids is 1. The summed E-state index contributed by atoms with van der Waals surface area (Å²) in [6.45, 7) is 0.797. The van der Waals surface area contributed by atoms with Crippen molar-refractivity contribution in [3.63, 3.8) is 0 Å². The van der Waals surface area contributed by atoms with Crippen molar-refractivity contribution >= 4 is 11.9 Å². The Kier molecular flexibility index (Phi) is 5.51. The summed E-state index contributed by atoms with van der Waals surface area (Å²) in [7, 11) is 0. The van der Waals surface area contributed by atoms with Crippen LogP contribution in [0.1, 0.15) is 29.9 Å². The number of aliphatic carboxylic acids is 1. The van der Waals surface area contributed by atoms with Crippen molar-refractivity contribution < 1.29 is 23.8 Å². The minimum absolute atomic E-state index is 0.122. The Bertz CT molecular complexity index is 808. The maximum atomic E-state index is 13.5. The molecule has 6 heteroatoms. The van der Waals surface area contributed by atoms with E-state index in [0.29, 0.717) is 13.0 Å². The monoisotopic (exact) mass is 357 g/mol. The molecule has 1 amide bonds. The van der Waals surface area contributed by atoms with Crippen molar-refractivity contribution in [1.82, 2.24) is 4.90 Å². The number of benzene rings is 2. The van der Waals surface area contributed by atoms with Crippen LogP contribution in [0.2, 0.25) is 0 Å². The molecule has 1 aliphatic rings. The number of amides is 1. The van der Waals surface area contributed by atoms with E-state index in [1.54, 1.807) is 23.1 Å². The van der Waals surface area contributed by atoms with Gasteiger partial charge in [0.15, 0.2) is 11.6 Å². The second-order valence-corrected chi connectivity index (χ2v) is 6.25. The van der Waals surface area contributed by atoms with Gasteiger partial charge in [-0.15, -0.1) is 0 Å². The van der Waals surface area contributed by atoms with Crippen LogP contribution in [0.25, 0.3) is 0 Å². The zero-order chi connectivity index (χ0) is 18.5. The van der Waals surface area contributed by atoms with Crippen LogP contribution in [0.4, 0.5) is 4.39 Å². The number of ether oxygens (including phenoxy) is 1. The van der Waals surface area contributed by atoms with Gasteiger partial charge in [0.1, 0.15) is 0 Å². The first-order valence-electron chi connectivity index (χ1n) is 8.52. The molecule has 0 aliphatic carbocycles. The van der Waals surface area contributed by atoms with Crippen LogP contribution in [0.3, 0.4) is 0 Å². The molecule has 0 fully saturated rings. The lowest BCUT2D eigenvalue weighted by molar-refractivity contribution is -0.141. The molecule has 26 heavy (non-hydrogen) atoms. The van der Waals surface area contributed by atoms with Crippen LogP contribution >= 0.6 is 0 Å². The predicted molar refractivity (Wildman–Crippen MR) is 93.4 cm³/mol. The Morgan fingerprint density at radius 3 is 2.65 bits per heavy atom. The number of carboxylic acid groups (broad SMARTS) is 1. The summed E-state index contributed by atoms with van der Waals surface area (Å²) in [6.07, 6.45) is 0.659. The molecule has 3 rings (SSSR count). The smallest absolute Gasteiger partial charge is 0.312 e. The Morgan fingerprint density at radius 1 is 1.15 bits per heavy atom. The lowest BCUT2D eigenvalue weighted by Gasteiger charge is -2.33. The number of rotatable bonds is 6. The van der Waals surface area contributed by atoms with Gasteiger partial charge in [-0.1, -0.05) is 36.4 Å². The number of fused-ring (bicyclic) bond motifs is 1. The molecule has 2 aromatic carbocycles.